The average molecular weight is 384 g/mol. The van der Waals surface area contributed by atoms with E-state index in [0.29, 0.717) is 6.54 Å². The second-order valence-corrected chi connectivity index (χ2v) is 7.49. The number of hydrogen-bond donors (Lipinski definition) is 2. The van der Waals surface area contributed by atoms with E-state index in [1.54, 1.807) is 0 Å². The fourth-order valence-electron chi connectivity index (χ4n) is 4.24. The topological polar surface area (TPSA) is 54.3 Å². The van der Waals surface area contributed by atoms with E-state index in [1.165, 1.54) is 27.8 Å². The number of hydrogen-bond acceptors (Lipinski definition) is 3. The minimum atomic E-state index is 0.279. The van der Waals surface area contributed by atoms with Gasteiger partial charge >= 0.3 is 0 Å². The number of morpholine rings is 1. The van der Waals surface area contributed by atoms with Crippen LogP contribution in [0.15, 0.2) is 42.6 Å². The summed E-state index contributed by atoms with van der Waals surface area (Å²) in [4.78, 5) is 5.85. The van der Waals surface area contributed by atoms with E-state index in [1.807, 2.05) is 12.1 Å². The zero-order chi connectivity index (χ0) is 18.8. The summed E-state index contributed by atoms with van der Waals surface area (Å²) in [6.45, 7) is 6.11. The number of anilines is 1. The van der Waals surface area contributed by atoms with Gasteiger partial charge in [-0.05, 0) is 41.3 Å². The predicted molar refractivity (Wildman–Crippen MR) is 113 cm³/mol. The number of ether oxygens (including phenoxy) is 1. The number of nitrogens with one attached hydrogen (secondary N) is 1. The molecule has 1 aliphatic heterocycles. The average Bonchev–Trinajstić information content (AvgIpc) is 3.12. The molecule has 1 aliphatic rings. The number of H-pyrrole nitrogens is 1. The van der Waals surface area contributed by atoms with E-state index >= 15 is 0 Å². The Bertz CT molecular complexity index is 930. The van der Waals surface area contributed by atoms with E-state index in [2.05, 4.69) is 47.3 Å². The molecule has 0 amide bonds. The molecule has 0 radical (unpaired) electrons. The minimum absolute atomic E-state index is 0.279. The van der Waals surface area contributed by atoms with Crippen LogP contribution in [0.4, 0.5) is 5.69 Å². The third-order valence-electron chi connectivity index (χ3n) is 5.53. The summed E-state index contributed by atoms with van der Waals surface area (Å²) in [7, 11) is 0. The lowest BCUT2D eigenvalue weighted by Crippen LogP contribution is -2.37. The van der Waals surface area contributed by atoms with Crippen molar-refractivity contribution in [2.75, 3.05) is 31.2 Å². The highest BCUT2D eigenvalue weighted by atomic mass is 35.5. The summed E-state index contributed by atoms with van der Waals surface area (Å²) in [5.41, 5.74) is 12.3. The molecule has 3 N–H and O–H groups in total. The van der Waals surface area contributed by atoms with Crippen molar-refractivity contribution in [2.45, 2.75) is 25.8 Å². The molecule has 2 aromatic carbocycles. The van der Waals surface area contributed by atoms with Crippen molar-refractivity contribution in [3.05, 3.63) is 64.3 Å². The fourth-order valence-corrected chi connectivity index (χ4v) is 4.41. The minimum Gasteiger partial charge on any atom is -0.378 e. The van der Waals surface area contributed by atoms with Crippen molar-refractivity contribution in [3.8, 4) is 0 Å². The number of nitrogens with zero attached hydrogens (tertiary/aromatic N) is 1. The molecular formula is C22H26ClN3O. The van der Waals surface area contributed by atoms with Gasteiger partial charge in [0.2, 0.25) is 0 Å². The summed E-state index contributed by atoms with van der Waals surface area (Å²) in [5.74, 6) is 0.279. The molecule has 27 heavy (non-hydrogen) atoms. The number of rotatable bonds is 5. The molecule has 1 saturated heterocycles. The van der Waals surface area contributed by atoms with Gasteiger partial charge in [0.15, 0.2) is 0 Å². The van der Waals surface area contributed by atoms with Gasteiger partial charge in [0.05, 0.1) is 13.2 Å². The Morgan fingerprint density at radius 2 is 2.00 bits per heavy atom. The van der Waals surface area contributed by atoms with Gasteiger partial charge in [0.25, 0.3) is 0 Å². The molecule has 4 rings (SSSR count). The van der Waals surface area contributed by atoms with Crippen LogP contribution in [-0.2, 0) is 11.3 Å². The summed E-state index contributed by atoms with van der Waals surface area (Å²) >= 11 is 6.29. The fraction of sp³-hybridized carbons (Fsp3) is 0.364. The molecule has 1 atom stereocenters. The van der Waals surface area contributed by atoms with Crippen molar-refractivity contribution < 1.29 is 4.74 Å². The van der Waals surface area contributed by atoms with Gasteiger partial charge in [0, 0.05) is 53.4 Å². The maximum atomic E-state index is 6.29. The molecule has 0 saturated carbocycles. The molecule has 1 unspecified atom stereocenters. The van der Waals surface area contributed by atoms with E-state index in [0.717, 1.165) is 43.3 Å². The zero-order valence-electron chi connectivity index (χ0n) is 15.7. The first kappa shape index (κ1) is 18.4. The van der Waals surface area contributed by atoms with Gasteiger partial charge in [0.1, 0.15) is 0 Å². The highest BCUT2D eigenvalue weighted by molar-refractivity contribution is 6.31. The van der Waals surface area contributed by atoms with Crippen LogP contribution < -0.4 is 10.6 Å². The molecule has 4 nitrogen and oxygen atoms in total. The lowest BCUT2D eigenvalue weighted by atomic mass is 9.86. The highest BCUT2D eigenvalue weighted by Crippen LogP contribution is 2.40. The number of halogens is 1. The van der Waals surface area contributed by atoms with Gasteiger partial charge < -0.3 is 20.4 Å². The third-order valence-corrected chi connectivity index (χ3v) is 5.77. The van der Waals surface area contributed by atoms with Crippen molar-refractivity contribution >= 4 is 28.2 Å². The second-order valence-electron chi connectivity index (χ2n) is 7.05. The van der Waals surface area contributed by atoms with E-state index in [-0.39, 0.29) is 5.92 Å². The van der Waals surface area contributed by atoms with Crippen LogP contribution in [0.1, 0.15) is 36.0 Å². The predicted octanol–water partition coefficient (Wildman–Crippen LogP) is 4.66. The SMILES string of the molecule is CCC(c1cccc(CN)c1N1CCOCC1)c1c[nH]c2ccc(Cl)cc12. The number of aromatic amines is 1. The van der Waals surface area contributed by atoms with Crippen molar-refractivity contribution in [1.29, 1.82) is 0 Å². The lowest BCUT2D eigenvalue weighted by Gasteiger charge is -2.34. The Morgan fingerprint density at radius 3 is 2.74 bits per heavy atom. The van der Waals surface area contributed by atoms with E-state index in [9.17, 15) is 0 Å². The molecule has 0 bridgehead atoms. The zero-order valence-corrected chi connectivity index (χ0v) is 16.4. The van der Waals surface area contributed by atoms with Crippen LogP contribution in [0.3, 0.4) is 0 Å². The van der Waals surface area contributed by atoms with Crippen LogP contribution in [0.2, 0.25) is 5.02 Å². The van der Waals surface area contributed by atoms with Gasteiger partial charge in [-0.1, -0.05) is 36.7 Å². The van der Waals surface area contributed by atoms with E-state index in [4.69, 9.17) is 22.1 Å². The van der Waals surface area contributed by atoms with Crippen molar-refractivity contribution in [3.63, 3.8) is 0 Å². The smallest absolute Gasteiger partial charge is 0.0642 e. The number of fused-ring (bicyclic) bond motifs is 1. The Kier molecular flexibility index (Phi) is 5.39. The Labute approximate surface area is 165 Å². The van der Waals surface area contributed by atoms with Gasteiger partial charge in [-0.3, -0.25) is 0 Å². The first-order chi connectivity index (χ1) is 13.2. The molecule has 0 spiro atoms. The Morgan fingerprint density at radius 1 is 1.19 bits per heavy atom. The molecule has 3 aromatic rings. The monoisotopic (exact) mass is 383 g/mol. The third kappa shape index (κ3) is 3.45. The number of benzene rings is 2. The Hall–Kier alpha value is -2.01. The molecule has 2 heterocycles. The van der Waals surface area contributed by atoms with Crippen LogP contribution in [-0.4, -0.2) is 31.3 Å². The van der Waals surface area contributed by atoms with Crippen molar-refractivity contribution in [2.24, 2.45) is 5.73 Å². The number of nitrogens with two attached hydrogens (primary N) is 1. The van der Waals surface area contributed by atoms with Crippen molar-refractivity contribution in [1.82, 2.24) is 4.98 Å². The molecule has 1 aromatic heterocycles. The number of para-hydroxylation sites is 1. The standard InChI is InChI=1S/C22H26ClN3O/c1-2-17(20-14-25-21-7-6-16(23)12-19(20)21)18-5-3-4-15(13-24)22(18)26-8-10-27-11-9-26/h3-7,12,14,17,25H,2,8-11,13,24H2,1H3. The van der Waals surface area contributed by atoms with Crippen LogP contribution in [0.5, 0.6) is 0 Å². The first-order valence-electron chi connectivity index (χ1n) is 9.64. The highest BCUT2D eigenvalue weighted by Gasteiger charge is 2.24. The number of aromatic nitrogens is 1. The maximum Gasteiger partial charge on any atom is 0.0642 e. The van der Waals surface area contributed by atoms with Gasteiger partial charge in [-0.2, -0.15) is 0 Å². The second kappa shape index (κ2) is 7.93. The maximum absolute atomic E-state index is 6.29. The largest absolute Gasteiger partial charge is 0.378 e. The van der Waals surface area contributed by atoms with Gasteiger partial charge in [-0.15, -0.1) is 0 Å². The molecule has 0 aliphatic carbocycles. The molecule has 1 fully saturated rings. The van der Waals surface area contributed by atoms with Gasteiger partial charge in [-0.25, -0.2) is 0 Å². The molecular weight excluding hydrogens is 358 g/mol. The van der Waals surface area contributed by atoms with Crippen LogP contribution in [0, 0.1) is 0 Å². The quantitative estimate of drug-likeness (QED) is 0.673. The lowest BCUT2D eigenvalue weighted by molar-refractivity contribution is 0.122. The summed E-state index contributed by atoms with van der Waals surface area (Å²) in [5, 5.41) is 1.96. The summed E-state index contributed by atoms with van der Waals surface area (Å²) in [6, 6.07) is 12.6. The Balaban J connectivity index is 1.85. The molecule has 142 valence electrons. The summed E-state index contributed by atoms with van der Waals surface area (Å²) in [6.07, 6.45) is 3.14. The summed E-state index contributed by atoms with van der Waals surface area (Å²) < 4.78 is 5.57. The normalized spacial score (nSPS) is 16.0. The van der Waals surface area contributed by atoms with E-state index < -0.39 is 0 Å². The molecule has 5 heteroatoms. The first-order valence-corrected chi connectivity index (χ1v) is 10.0. The van der Waals surface area contributed by atoms with Crippen LogP contribution >= 0.6 is 11.6 Å². The van der Waals surface area contributed by atoms with Crippen LogP contribution in [0.25, 0.3) is 10.9 Å².